The average Bonchev–Trinajstić information content (AvgIpc) is 2.40. The van der Waals surface area contributed by atoms with Crippen LogP contribution in [0.4, 0.5) is 0 Å². The van der Waals surface area contributed by atoms with E-state index in [0.29, 0.717) is 25.7 Å². The van der Waals surface area contributed by atoms with E-state index in [4.69, 9.17) is 9.47 Å². The van der Waals surface area contributed by atoms with Crippen molar-refractivity contribution in [2.45, 2.75) is 33.6 Å². The molecular weight excluding hydrogens is 242 g/mol. The maximum Gasteiger partial charge on any atom is 0.191 e. The first-order valence-corrected chi connectivity index (χ1v) is 7.30. The zero-order valence-corrected chi connectivity index (χ0v) is 13.0. The molecule has 19 heavy (non-hydrogen) atoms. The molecule has 0 bridgehead atoms. The Kier molecular flexibility index (Phi) is 13.0. The summed E-state index contributed by atoms with van der Waals surface area (Å²) in [6.07, 6.45) is 2.30. The van der Waals surface area contributed by atoms with Crippen molar-refractivity contribution >= 4 is 5.96 Å². The van der Waals surface area contributed by atoms with E-state index < -0.39 is 0 Å². The zero-order valence-electron chi connectivity index (χ0n) is 13.0. The molecule has 0 rings (SSSR count). The third kappa shape index (κ3) is 13.4. The summed E-state index contributed by atoms with van der Waals surface area (Å²) in [4.78, 5) is 4.14. The van der Waals surface area contributed by atoms with Gasteiger partial charge in [-0.15, -0.1) is 0 Å². The summed E-state index contributed by atoms with van der Waals surface area (Å²) in [5.41, 5.74) is 0. The Morgan fingerprint density at radius 2 is 1.74 bits per heavy atom. The third-order valence-electron chi connectivity index (χ3n) is 2.45. The van der Waals surface area contributed by atoms with Crippen molar-refractivity contribution in [2.24, 2.45) is 10.9 Å². The molecule has 2 N–H and O–H groups in total. The molecule has 0 fully saturated rings. The molecule has 0 aromatic heterocycles. The number of ether oxygens (including phenoxy) is 2. The summed E-state index contributed by atoms with van der Waals surface area (Å²) in [6, 6.07) is 0. The van der Waals surface area contributed by atoms with Crippen LogP contribution < -0.4 is 10.6 Å². The predicted octanol–water partition coefficient (Wildman–Crippen LogP) is 1.64. The highest BCUT2D eigenvalue weighted by Gasteiger charge is 1.98. The molecule has 0 radical (unpaired) electrons. The molecular formula is C14H31N3O2. The van der Waals surface area contributed by atoms with Crippen LogP contribution in [0.5, 0.6) is 0 Å². The molecule has 5 heteroatoms. The normalized spacial score (nSPS) is 11.9. The summed E-state index contributed by atoms with van der Waals surface area (Å²) < 4.78 is 10.9. The summed E-state index contributed by atoms with van der Waals surface area (Å²) in [5.74, 6) is 1.44. The Morgan fingerprint density at radius 1 is 1.05 bits per heavy atom. The van der Waals surface area contributed by atoms with Crippen molar-refractivity contribution in [1.82, 2.24) is 10.6 Å². The number of hydrogen-bond donors (Lipinski definition) is 2. The second-order valence-corrected chi connectivity index (χ2v) is 4.85. The molecule has 0 saturated carbocycles. The Bertz CT molecular complexity index is 221. The number of hydrogen-bond acceptors (Lipinski definition) is 3. The topological polar surface area (TPSA) is 54.9 Å². The Balaban J connectivity index is 3.32. The van der Waals surface area contributed by atoms with Gasteiger partial charge in [-0.2, -0.15) is 0 Å². The van der Waals surface area contributed by atoms with E-state index in [2.05, 4.69) is 36.4 Å². The van der Waals surface area contributed by atoms with Crippen LogP contribution in [-0.2, 0) is 9.47 Å². The van der Waals surface area contributed by atoms with Crippen molar-refractivity contribution in [3.8, 4) is 0 Å². The van der Waals surface area contributed by atoms with Gasteiger partial charge in [-0.3, -0.25) is 4.99 Å². The van der Waals surface area contributed by atoms with Crippen LogP contribution in [0, 0.1) is 5.92 Å². The molecule has 0 heterocycles. The standard InChI is InChI=1S/C14H31N3O2/c1-5-6-8-18-10-11-19-9-7-16-14(15-4)17-12-13(2)3/h13H,5-12H2,1-4H3,(H2,15,16,17). The van der Waals surface area contributed by atoms with Crippen LogP contribution in [0.3, 0.4) is 0 Å². The summed E-state index contributed by atoms with van der Waals surface area (Å²) in [6.45, 7) is 11.0. The van der Waals surface area contributed by atoms with Gasteiger partial charge in [-0.1, -0.05) is 27.2 Å². The number of nitrogens with one attached hydrogen (secondary N) is 2. The maximum atomic E-state index is 5.46. The van der Waals surface area contributed by atoms with Crippen molar-refractivity contribution < 1.29 is 9.47 Å². The van der Waals surface area contributed by atoms with E-state index in [9.17, 15) is 0 Å². The second-order valence-electron chi connectivity index (χ2n) is 4.85. The lowest BCUT2D eigenvalue weighted by Gasteiger charge is -2.13. The van der Waals surface area contributed by atoms with Crippen molar-refractivity contribution in [1.29, 1.82) is 0 Å². The zero-order chi connectivity index (χ0) is 14.3. The third-order valence-corrected chi connectivity index (χ3v) is 2.45. The fraction of sp³-hybridized carbons (Fsp3) is 0.929. The predicted molar refractivity (Wildman–Crippen MR) is 80.7 cm³/mol. The molecule has 0 amide bonds. The number of rotatable bonds is 11. The smallest absolute Gasteiger partial charge is 0.191 e. The van der Waals surface area contributed by atoms with Gasteiger partial charge in [-0.25, -0.2) is 0 Å². The van der Waals surface area contributed by atoms with Crippen LogP contribution in [0.1, 0.15) is 33.6 Å². The van der Waals surface area contributed by atoms with Gasteiger partial charge in [0.1, 0.15) is 0 Å². The molecule has 0 aliphatic heterocycles. The van der Waals surface area contributed by atoms with Gasteiger partial charge in [0, 0.05) is 26.7 Å². The van der Waals surface area contributed by atoms with Crippen LogP contribution in [0.2, 0.25) is 0 Å². The lowest BCUT2D eigenvalue weighted by atomic mass is 10.2. The van der Waals surface area contributed by atoms with Crippen molar-refractivity contribution in [3.63, 3.8) is 0 Å². The van der Waals surface area contributed by atoms with E-state index in [1.165, 1.54) is 6.42 Å². The lowest BCUT2D eigenvalue weighted by molar-refractivity contribution is 0.0487. The van der Waals surface area contributed by atoms with Crippen LogP contribution in [0.15, 0.2) is 4.99 Å². The van der Waals surface area contributed by atoms with Gasteiger partial charge in [0.2, 0.25) is 0 Å². The number of nitrogens with zero attached hydrogens (tertiary/aromatic N) is 1. The first-order chi connectivity index (χ1) is 9.20. The molecule has 114 valence electrons. The monoisotopic (exact) mass is 273 g/mol. The quantitative estimate of drug-likeness (QED) is 0.341. The van der Waals surface area contributed by atoms with E-state index in [-0.39, 0.29) is 0 Å². The largest absolute Gasteiger partial charge is 0.379 e. The highest BCUT2D eigenvalue weighted by Crippen LogP contribution is 1.88. The van der Waals surface area contributed by atoms with Crippen molar-refractivity contribution in [2.75, 3.05) is 46.6 Å². The van der Waals surface area contributed by atoms with Gasteiger partial charge in [0.25, 0.3) is 0 Å². The number of aliphatic imine (C=N–C) groups is 1. The Morgan fingerprint density at radius 3 is 2.32 bits per heavy atom. The van der Waals surface area contributed by atoms with Crippen molar-refractivity contribution in [3.05, 3.63) is 0 Å². The lowest BCUT2D eigenvalue weighted by Crippen LogP contribution is -2.40. The molecule has 5 nitrogen and oxygen atoms in total. The summed E-state index contributed by atoms with van der Waals surface area (Å²) >= 11 is 0. The highest BCUT2D eigenvalue weighted by atomic mass is 16.5. The first-order valence-electron chi connectivity index (χ1n) is 7.30. The molecule has 0 aliphatic carbocycles. The van der Waals surface area contributed by atoms with Gasteiger partial charge < -0.3 is 20.1 Å². The van der Waals surface area contributed by atoms with Gasteiger partial charge in [-0.05, 0) is 12.3 Å². The molecule has 0 atom stereocenters. The fourth-order valence-corrected chi connectivity index (χ4v) is 1.33. The van der Waals surface area contributed by atoms with E-state index in [1.807, 2.05) is 0 Å². The van der Waals surface area contributed by atoms with Gasteiger partial charge in [0.05, 0.1) is 19.8 Å². The minimum absolute atomic E-state index is 0.607. The van der Waals surface area contributed by atoms with Crippen LogP contribution in [0.25, 0.3) is 0 Å². The minimum Gasteiger partial charge on any atom is -0.379 e. The Labute approximate surface area is 118 Å². The summed E-state index contributed by atoms with van der Waals surface area (Å²) in [5, 5.41) is 6.46. The van der Waals surface area contributed by atoms with Gasteiger partial charge >= 0.3 is 0 Å². The summed E-state index contributed by atoms with van der Waals surface area (Å²) in [7, 11) is 1.78. The number of guanidine groups is 1. The second kappa shape index (κ2) is 13.6. The molecule has 0 unspecified atom stereocenters. The molecule has 0 aromatic carbocycles. The Hall–Kier alpha value is -0.810. The van der Waals surface area contributed by atoms with Crippen LogP contribution >= 0.6 is 0 Å². The van der Waals surface area contributed by atoms with E-state index in [1.54, 1.807) is 7.05 Å². The average molecular weight is 273 g/mol. The van der Waals surface area contributed by atoms with Gasteiger partial charge in [0.15, 0.2) is 5.96 Å². The molecule has 0 saturated heterocycles. The highest BCUT2D eigenvalue weighted by molar-refractivity contribution is 5.79. The van der Waals surface area contributed by atoms with E-state index in [0.717, 1.165) is 32.1 Å². The number of unbranched alkanes of at least 4 members (excludes halogenated alkanes) is 1. The first kappa shape index (κ1) is 18.2. The van der Waals surface area contributed by atoms with E-state index >= 15 is 0 Å². The van der Waals surface area contributed by atoms with Crippen LogP contribution in [-0.4, -0.2) is 52.5 Å². The SMILES string of the molecule is CCCCOCCOCCNC(=NC)NCC(C)C. The fourth-order valence-electron chi connectivity index (χ4n) is 1.33. The molecule has 0 aliphatic rings. The molecule has 0 aromatic rings. The minimum atomic E-state index is 0.607. The maximum absolute atomic E-state index is 5.46. The molecule has 0 spiro atoms.